The largest absolute Gasteiger partial charge is 0.380 e. The fourth-order valence-corrected chi connectivity index (χ4v) is 3.57. The smallest absolute Gasteiger partial charge is 0.179 e. The van der Waals surface area contributed by atoms with Gasteiger partial charge in [-0.2, -0.15) is 5.26 Å². The highest BCUT2D eigenvalue weighted by atomic mass is 32.2. The summed E-state index contributed by atoms with van der Waals surface area (Å²) in [7, 11) is -3.33. The van der Waals surface area contributed by atoms with Gasteiger partial charge in [-0.3, -0.25) is 0 Å². The van der Waals surface area contributed by atoms with Gasteiger partial charge < -0.3 is 10.1 Å². The van der Waals surface area contributed by atoms with Crippen molar-refractivity contribution in [3.63, 3.8) is 0 Å². The third kappa shape index (κ3) is 4.27. The molecule has 1 aliphatic rings. The van der Waals surface area contributed by atoms with E-state index >= 15 is 0 Å². The number of ether oxygens (including phenoxy) is 1. The molecule has 1 aliphatic heterocycles. The topological polar surface area (TPSA) is 79.2 Å². The highest BCUT2D eigenvalue weighted by molar-refractivity contribution is 7.91. The number of nitrogens with one attached hydrogen (secondary N) is 1. The van der Waals surface area contributed by atoms with E-state index in [1.54, 1.807) is 0 Å². The highest BCUT2D eigenvalue weighted by Gasteiger charge is 2.27. The molecule has 0 amide bonds. The summed E-state index contributed by atoms with van der Waals surface area (Å²) >= 11 is 0. The number of benzene rings is 1. The molecule has 0 aliphatic carbocycles. The molecule has 5 nitrogen and oxygen atoms in total. The molecular formula is C15H20N2O3S. The molecule has 1 N–H and O–H groups in total. The van der Waals surface area contributed by atoms with E-state index in [9.17, 15) is 8.42 Å². The van der Waals surface area contributed by atoms with Gasteiger partial charge in [-0.15, -0.1) is 0 Å². The number of hydrogen-bond acceptors (Lipinski definition) is 5. The fourth-order valence-electron chi connectivity index (χ4n) is 2.42. The average Bonchev–Trinajstić information content (AvgIpc) is 2.47. The average molecular weight is 308 g/mol. The third-order valence-electron chi connectivity index (χ3n) is 3.70. The Morgan fingerprint density at radius 2 is 2.10 bits per heavy atom. The molecule has 114 valence electrons. The molecule has 1 aromatic rings. The number of rotatable bonds is 5. The monoisotopic (exact) mass is 308 g/mol. The second-order valence-electron chi connectivity index (χ2n) is 5.60. The molecule has 1 atom stereocenters. The molecule has 0 aromatic heterocycles. The van der Waals surface area contributed by atoms with Gasteiger partial charge in [-0.05, 0) is 44.0 Å². The summed E-state index contributed by atoms with van der Waals surface area (Å²) < 4.78 is 29.9. The van der Waals surface area contributed by atoms with Crippen molar-refractivity contribution in [3.8, 4) is 6.07 Å². The summed E-state index contributed by atoms with van der Waals surface area (Å²) in [6.07, 6.45) is 1.98. The summed E-state index contributed by atoms with van der Waals surface area (Å²) in [6.45, 7) is 3.84. The first-order valence-corrected chi connectivity index (χ1v) is 8.66. The first kappa shape index (κ1) is 16.0. The summed E-state index contributed by atoms with van der Waals surface area (Å²) in [4.78, 5) is 0.258. The van der Waals surface area contributed by atoms with E-state index in [2.05, 4.69) is 12.2 Å². The standard InChI is InChI=1S/C15H20N2O3S/c1-15(7-2-9-20-12-15)17-8-10-21(18,19)14-5-3-13(11-16)4-6-14/h3-6,17H,2,7-10,12H2,1H3. The van der Waals surface area contributed by atoms with Crippen LogP contribution in [0.5, 0.6) is 0 Å². The zero-order valence-electron chi connectivity index (χ0n) is 12.1. The third-order valence-corrected chi connectivity index (χ3v) is 5.43. The van der Waals surface area contributed by atoms with Gasteiger partial charge in [0.1, 0.15) is 0 Å². The second-order valence-corrected chi connectivity index (χ2v) is 7.71. The molecule has 1 unspecified atom stereocenters. The van der Waals surface area contributed by atoms with Crippen molar-refractivity contribution in [2.45, 2.75) is 30.2 Å². The Morgan fingerprint density at radius 3 is 2.67 bits per heavy atom. The van der Waals surface area contributed by atoms with Crippen LogP contribution < -0.4 is 5.32 Å². The Kier molecular flexibility index (Phi) is 4.99. The van der Waals surface area contributed by atoms with Gasteiger partial charge in [0.05, 0.1) is 28.9 Å². The highest BCUT2D eigenvalue weighted by Crippen LogP contribution is 2.18. The minimum absolute atomic E-state index is 0.0362. The number of nitriles is 1. The van der Waals surface area contributed by atoms with Crippen molar-refractivity contribution in [2.75, 3.05) is 25.5 Å². The number of hydrogen-bond donors (Lipinski definition) is 1. The quantitative estimate of drug-likeness (QED) is 0.891. The maximum Gasteiger partial charge on any atom is 0.179 e. The summed E-state index contributed by atoms with van der Waals surface area (Å²) in [6, 6.07) is 8.00. The van der Waals surface area contributed by atoms with Crippen LogP contribution in [-0.4, -0.2) is 39.5 Å². The van der Waals surface area contributed by atoms with Crippen LogP contribution in [0.4, 0.5) is 0 Å². The van der Waals surface area contributed by atoms with Gasteiger partial charge >= 0.3 is 0 Å². The number of nitrogens with zero attached hydrogens (tertiary/aromatic N) is 1. The molecule has 1 saturated heterocycles. The van der Waals surface area contributed by atoms with Crippen molar-refractivity contribution in [1.82, 2.24) is 5.32 Å². The molecule has 6 heteroatoms. The molecule has 21 heavy (non-hydrogen) atoms. The van der Waals surface area contributed by atoms with E-state index in [4.69, 9.17) is 10.00 Å². The van der Waals surface area contributed by atoms with Crippen molar-refractivity contribution >= 4 is 9.84 Å². The van der Waals surface area contributed by atoms with Crippen LogP contribution in [0.25, 0.3) is 0 Å². The second kappa shape index (κ2) is 6.56. The van der Waals surface area contributed by atoms with E-state index in [1.165, 1.54) is 24.3 Å². The van der Waals surface area contributed by atoms with Gasteiger partial charge in [-0.25, -0.2) is 8.42 Å². The van der Waals surface area contributed by atoms with Gasteiger partial charge in [0.25, 0.3) is 0 Å². The Hall–Kier alpha value is -1.42. The normalized spacial score (nSPS) is 22.7. The maximum absolute atomic E-state index is 12.2. The molecule has 0 saturated carbocycles. The summed E-state index contributed by atoms with van der Waals surface area (Å²) in [5.41, 5.74) is 0.317. The van der Waals surface area contributed by atoms with E-state index in [0.29, 0.717) is 18.7 Å². The molecule has 1 aromatic carbocycles. The predicted molar refractivity (Wildman–Crippen MR) is 79.7 cm³/mol. The zero-order chi connectivity index (χ0) is 15.3. The van der Waals surface area contributed by atoms with E-state index in [1.807, 2.05) is 6.07 Å². The summed E-state index contributed by atoms with van der Waals surface area (Å²) in [5, 5.41) is 12.0. The van der Waals surface area contributed by atoms with Crippen molar-refractivity contribution in [2.24, 2.45) is 0 Å². The van der Waals surface area contributed by atoms with Crippen LogP contribution in [0, 0.1) is 11.3 Å². The Morgan fingerprint density at radius 1 is 1.38 bits per heavy atom. The van der Waals surface area contributed by atoms with E-state index < -0.39 is 9.84 Å². The van der Waals surface area contributed by atoms with Crippen molar-refractivity contribution in [3.05, 3.63) is 29.8 Å². The van der Waals surface area contributed by atoms with Gasteiger partial charge in [-0.1, -0.05) is 0 Å². The van der Waals surface area contributed by atoms with Crippen LogP contribution in [0.3, 0.4) is 0 Å². The van der Waals surface area contributed by atoms with Crippen LogP contribution in [-0.2, 0) is 14.6 Å². The zero-order valence-corrected chi connectivity index (χ0v) is 12.9. The van der Waals surface area contributed by atoms with Gasteiger partial charge in [0, 0.05) is 18.7 Å². The van der Waals surface area contributed by atoms with Crippen LogP contribution in [0.2, 0.25) is 0 Å². The first-order chi connectivity index (χ1) is 9.95. The Bertz CT molecular complexity index is 611. The fraction of sp³-hybridized carbons (Fsp3) is 0.533. The van der Waals surface area contributed by atoms with Crippen LogP contribution in [0.1, 0.15) is 25.3 Å². The lowest BCUT2D eigenvalue weighted by atomic mass is 9.95. The lowest BCUT2D eigenvalue weighted by molar-refractivity contribution is 0.0295. The molecular weight excluding hydrogens is 288 g/mol. The first-order valence-electron chi connectivity index (χ1n) is 7.01. The molecule has 0 bridgehead atoms. The number of sulfone groups is 1. The van der Waals surface area contributed by atoms with Gasteiger partial charge in [0.15, 0.2) is 9.84 Å². The van der Waals surface area contributed by atoms with Gasteiger partial charge in [0.2, 0.25) is 0 Å². The molecule has 2 rings (SSSR count). The lowest BCUT2D eigenvalue weighted by Gasteiger charge is -2.34. The van der Waals surface area contributed by atoms with Crippen LogP contribution in [0.15, 0.2) is 29.2 Å². The van der Waals surface area contributed by atoms with Crippen molar-refractivity contribution in [1.29, 1.82) is 5.26 Å². The predicted octanol–water partition coefficient (Wildman–Crippen LogP) is 1.49. The molecule has 0 radical (unpaired) electrons. The Balaban J connectivity index is 1.93. The molecule has 0 spiro atoms. The Labute approximate surface area is 125 Å². The summed E-state index contributed by atoms with van der Waals surface area (Å²) in [5.74, 6) is 0.0362. The maximum atomic E-state index is 12.2. The minimum Gasteiger partial charge on any atom is -0.380 e. The van der Waals surface area contributed by atoms with E-state index in [0.717, 1.165) is 19.4 Å². The minimum atomic E-state index is -3.33. The van der Waals surface area contributed by atoms with Crippen LogP contribution >= 0.6 is 0 Å². The van der Waals surface area contributed by atoms with Crippen molar-refractivity contribution < 1.29 is 13.2 Å². The molecule has 1 fully saturated rings. The lowest BCUT2D eigenvalue weighted by Crippen LogP contribution is -2.50. The molecule has 1 heterocycles. The van der Waals surface area contributed by atoms with E-state index in [-0.39, 0.29) is 16.2 Å². The SMILES string of the molecule is CC1(NCCS(=O)(=O)c2ccc(C#N)cc2)CCCOC1.